The van der Waals surface area contributed by atoms with Gasteiger partial charge < -0.3 is 4.74 Å². The van der Waals surface area contributed by atoms with E-state index in [9.17, 15) is 4.79 Å². The zero-order valence-corrected chi connectivity index (χ0v) is 15.0. The summed E-state index contributed by atoms with van der Waals surface area (Å²) in [6.07, 6.45) is 7.39. The van der Waals surface area contributed by atoms with Gasteiger partial charge in [-0.15, -0.1) is 0 Å². The second kappa shape index (κ2) is 6.12. The van der Waals surface area contributed by atoms with E-state index >= 15 is 0 Å². The van der Waals surface area contributed by atoms with Crippen molar-refractivity contribution < 1.29 is 9.53 Å². The highest BCUT2D eigenvalue weighted by Gasteiger charge is 2.53. The van der Waals surface area contributed by atoms with Crippen molar-refractivity contribution in [2.75, 3.05) is 0 Å². The normalized spacial score (nSPS) is 24.0. The summed E-state index contributed by atoms with van der Waals surface area (Å²) < 4.78 is 6.10. The van der Waals surface area contributed by atoms with E-state index in [1.807, 2.05) is 6.07 Å². The van der Waals surface area contributed by atoms with E-state index in [0.29, 0.717) is 0 Å². The van der Waals surface area contributed by atoms with E-state index in [4.69, 9.17) is 4.74 Å². The fourth-order valence-corrected chi connectivity index (χ4v) is 5.40. The smallest absolute Gasteiger partial charge is 0.318 e. The van der Waals surface area contributed by atoms with Gasteiger partial charge in [-0.1, -0.05) is 73.9 Å². The van der Waals surface area contributed by atoms with Crippen molar-refractivity contribution in [2.45, 2.75) is 50.9 Å². The van der Waals surface area contributed by atoms with E-state index in [1.54, 1.807) is 0 Å². The lowest BCUT2D eigenvalue weighted by Crippen LogP contribution is -2.45. The summed E-state index contributed by atoms with van der Waals surface area (Å²) in [6.45, 7) is 0. The molecule has 2 aromatic rings. The van der Waals surface area contributed by atoms with Gasteiger partial charge in [-0.05, 0) is 42.4 Å². The van der Waals surface area contributed by atoms with Crippen LogP contribution in [0.15, 0.2) is 60.2 Å². The Balaban J connectivity index is 1.73. The third-order valence-corrected chi connectivity index (χ3v) is 6.60. The molecule has 1 saturated carbocycles. The number of allylic oxidation sites excluding steroid dienone is 1. The Morgan fingerprint density at radius 2 is 1.58 bits per heavy atom. The molecule has 0 amide bonds. The number of ether oxygens (including phenoxy) is 1. The van der Waals surface area contributed by atoms with Crippen molar-refractivity contribution in [2.24, 2.45) is 5.41 Å². The molecule has 1 unspecified atom stereocenters. The quantitative estimate of drug-likeness (QED) is 0.626. The summed E-state index contributed by atoms with van der Waals surface area (Å²) >= 11 is 0. The maximum absolute atomic E-state index is 13.4. The zero-order chi connectivity index (χ0) is 17.6. The molecule has 0 aromatic heterocycles. The van der Waals surface area contributed by atoms with E-state index in [2.05, 4.69) is 48.5 Å². The topological polar surface area (TPSA) is 26.3 Å². The number of carbonyl (C=O) groups is 1. The predicted molar refractivity (Wildman–Crippen MR) is 102 cm³/mol. The van der Waals surface area contributed by atoms with Crippen LogP contribution in [0.2, 0.25) is 0 Å². The highest BCUT2D eigenvalue weighted by molar-refractivity contribution is 5.90. The molecule has 0 radical (unpaired) electrons. The molecule has 2 aromatic carbocycles. The van der Waals surface area contributed by atoms with Crippen molar-refractivity contribution in [3.05, 3.63) is 76.9 Å². The van der Waals surface area contributed by atoms with Crippen LogP contribution in [0.5, 0.6) is 0 Å². The molecule has 2 heteroatoms. The Labute approximate surface area is 154 Å². The summed E-state index contributed by atoms with van der Waals surface area (Å²) in [5.41, 5.74) is 4.67. The first-order chi connectivity index (χ1) is 12.8. The molecule has 5 rings (SSSR count). The van der Waals surface area contributed by atoms with Crippen LogP contribution in [0.25, 0.3) is 5.76 Å². The van der Waals surface area contributed by atoms with Crippen LogP contribution in [0, 0.1) is 5.41 Å². The summed E-state index contributed by atoms with van der Waals surface area (Å²) in [4.78, 5) is 13.4. The highest BCUT2D eigenvalue weighted by Crippen LogP contribution is 2.58. The van der Waals surface area contributed by atoms with Crippen molar-refractivity contribution in [3.63, 3.8) is 0 Å². The molecule has 1 fully saturated rings. The average Bonchev–Trinajstić information content (AvgIpc) is 2.70. The van der Waals surface area contributed by atoms with Gasteiger partial charge in [0.2, 0.25) is 0 Å². The van der Waals surface area contributed by atoms with Crippen molar-refractivity contribution >= 4 is 11.7 Å². The Morgan fingerprint density at radius 3 is 2.38 bits per heavy atom. The lowest BCUT2D eigenvalue weighted by molar-refractivity contribution is -0.153. The molecule has 3 aliphatic rings. The van der Waals surface area contributed by atoms with E-state index in [-0.39, 0.29) is 17.3 Å². The second-order valence-electron chi connectivity index (χ2n) is 7.96. The first kappa shape index (κ1) is 15.9. The SMILES string of the molecule is O=C1OC2=C(CCc3ccccc32)C(c2ccccc2)C12CCCCC2. The number of hydrogen-bond acceptors (Lipinski definition) is 2. The third kappa shape index (κ3) is 2.28. The van der Waals surface area contributed by atoms with Gasteiger partial charge in [-0.3, -0.25) is 4.79 Å². The Kier molecular flexibility index (Phi) is 3.74. The highest BCUT2D eigenvalue weighted by atomic mass is 16.5. The minimum absolute atomic E-state index is 0.00139. The van der Waals surface area contributed by atoms with E-state index in [0.717, 1.165) is 49.8 Å². The number of fused-ring (bicyclic) bond motifs is 2. The maximum atomic E-state index is 13.4. The van der Waals surface area contributed by atoms with E-state index in [1.165, 1.54) is 23.1 Å². The molecule has 0 N–H and O–H groups in total. The van der Waals surface area contributed by atoms with Gasteiger partial charge in [-0.25, -0.2) is 0 Å². The fourth-order valence-electron chi connectivity index (χ4n) is 5.40. The van der Waals surface area contributed by atoms with Crippen molar-refractivity contribution in [3.8, 4) is 0 Å². The first-order valence-electron chi connectivity index (χ1n) is 9.88. The molecule has 1 spiro atoms. The molecular formula is C24H24O2. The summed E-state index contributed by atoms with van der Waals surface area (Å²) in [5.74, 6) is 1.01. The van der Waals surface area contributed by atoms with Gasteiger partial charge in [-0.2, -0.15) is 0 Å². The molecule has 2 nitrogen and oxygen atoms in total. The number of benzene rings is 2. The van der Waals surface area contributed by atoms with E-state index < -0.39 is 0 Å². The maximum Gasteiger partial charge on any atom is 0.318 e. The van der Waals surface area contributed by atoms with Crippen LogP contribution in [-0.2, 0) is 16.0 Å². The third-order valence-electron chi connectivity index (χ3n) is 6.60. The van der Waals surface area contributed by atoms with Crippen LogP contribution in [0.4, 0.5) is 0 Å². The summed E-state index contributed by atoms with van der Waals surface area (Å²) in [6, 6.07) is 19.1. The molecule has 2 aliphatic carbocycles. The first-order valence-corrected chi connectivity index (χ1v) is 9.88. The standard InChI is InChI=1S/C24H24O2/c25-23-24(15-7-2-8-16-24)21(18-10-3-1-4-11-18)20-14-13-17-9-5-6-12-19(17)22(20)26-23/h1,3-6,9-12,21H,2,7-8,13-16H2. The average molecular weight is 344 g/mol. The number of esters is 1. The van der Waals surface area contributed by atoms with Crippen LogP contribution >= 0.6 is 0 Å². The van der Waals surface area contributed by atoms with Gasteiger partial charge in [0.25, 0.3) is 0 Å². The van der Waals surface area contributed by atoms with Crippen LogP contribution < -0.4 is 0 Å². The lowest BCUT2D eigenvalue weighted by Gasteiger charge is -2.47. The summed E-state index contributed by atoms with van der Waals surface area (Å²) in [7, 11) is 0. The van der Waals surface area contributed by atoms with Crippen LogP contribution in [-0.4, -0.2) is 5.97 Å². The molecule has 1 aliphatic heterocycles. The predicted octanol–water partition coefficient (Wildman–Crippen LogP) is 5.64. The molecule has 0 saturated heterocycles. The van der Waals surface area contributed by atoms with Crippen LogP contribution in [0.3, 0.4) is 0 Å². The van der Waals surface area contributed by atoms with Gasteiger partial charge in [0, 0.05) is 11.5 Å². The largest absolute Gasteiger partial charge is 0.425 e. The second-order valence-corrected chi connectivity index (χ2v) is 7.96. The number of hydrogen-bond donors (Lipinski definition) is 0. The van der Waals surface area contributed by atoms with Gasteiger partial charge >= 0.3 is 5.97 Å². The number of rotatable bonds is 1. The molecule has 132 valence electrons. The van der Waals surface area contributed by atoms with Gasteiger partial charge in [0.05, 0.1) is 5.41 Å². The minimum atomic E-state index is -0.370. The molecule has 0 bridgehead atoms. The zero-order valence-electron chi connectivity index (χ0n) is 15.0. The minimum Gasteiger partial charge on any atom is -0.425 e. The lowest BCUT2D eigenvalue weighted by atomic mass is 9.59. The molecular weight excluding hydrogens is 320 g/mol. The monoisotopic (exact) mass is 344 g/mol. The summed E-state index contributed by atoms with van der Waals surface area (Å²) in [5, 5.41) is 0. The molecule has 1 heterocycles. The Bertz CT molecular complexity index is 872. The Hall–Kier alpha value is -2.35. The number of aryl methyl sites for hydroxylation is 1. The Morgan fingerprint density at radius 1 is 0.846 bits per heavy atom. The molecule has 26 heavy (non-hydrogen) atoms. The van der Waals surface area contributed by atoms with Gasteiger partial charge in [0.1, 0.15) is 5.76 Å². The molecule has 1 atom stereocenters. The van der Waals surface area contributed by atoms with Gasteiger partial charge in [0.15, 0.2) is 0 Å². The van der Waals surface area contributed by atoms with Crippen molar-refractivity contribution in [1.82, 2.24) is 0 Å². The van der Waals surface area contributed by atoms with Crippen molar-refractivity contribution in [1.29, 1.82) is 0 Å². The van der Waals surface area contributed by atoms with Crippen LogP contribution in [0.1, 0.15) is 61.1 Å². The number of carbonyl (C=O) groups excluding carboxylic acids is 1. The fraction of sp³-hybridized carbons (Fsp3) is 0.375.